The highest BCUT2D eigenvalue weighted by Crippen LogP contribution is 2.00. The molecule has 0 rings (SSSR count). The van der Waals surface area contributed by atoms with Gasteiger partial charge in [-0.15, -0.1) is 0 Å². The number of hydrogen-bond donors (Lipinski definition) is 0. The van der Waals surface area contributed by atoms with E-state index in [1.165, 1.54) is 0 Å². The van der Waals surface area contributed by atoms with Crippen LogP contribution in [0.1, 0.15) is 33.6 Å². The number of nitrogens with zero attached hydrogens (tertiary/aromatic N) is 1. The first-order chi connectivity index (χ1) is 5.63. The zero-order valence-electron chi connectivity index (χ0n) is 8.55. The molecule has 0 spiro atoms. The van der Waals surface area contributed by atoms with Crippen LogP contribution in [0.25, 0.3) is 0 Å². The fraction of sp³-hybridized carbons (Fsp3) is 0.700. The van der Waals surface area contributed by atoms with Crippen molar-refractivity contribution in [2.75, 3.05) is 13.6 Å². The predicted molar refractivity (Wildman–Crippen MR) is 52.0 cm³/mol. The molecule has 0 bridgehead atoms. The molecule has 0 fully saturated rings. The zero-order valence-corrected chi connectivity index (χ0v) is 8.55. The number of hydrogen-bond acceptors (Lipinski definition) is 1. The Balaban J connectivity index is 4.09. The third kappa shape index (κ3) is 3.56. The second-order valence-corrected chi connectivity index (χ2v) is 3.02. The molecule has 0 aromatic heterocycles. The van der Waals surface area contributed by atoms with Crippen LogP contribution in [0.5, 0.6) is 0 Å². The number of likely N-dealkylation sites (N-methyl/N-ethyl adjacent to an activating group) is 1. The maximum Gasteiger partial charge on any atom is 0.248 e. The predicted octanol–water partition coefficient (Wildman–Crippen LogP) is 2.21. The van der Waals surface area contributed by atoms with Crippen molar-refractivity contribution in [3.05, 3.63) is 11.6 Å². The lowest BCUT2D eigenvalue weighted by Crippen LogP contribution is -2.27. The number of rotatable bonds is 4. The van der Waals surface area contributed by atoms with Crippen molar-refractivity contribution in [3.63, 3.8) is 0 Å². The minimum atomic E-state index is 0.152. The Morgan fingerprint density at radius 2 is 2.00 bits per heavy atom. The summed E-state index contributed by atoms with van der Waals surface area (Å²) in [6.07, 6.45) is 3.91. The molecule has 0 unspecified atom stereocenters. The third-order valence-corrected chi connectivity index (χ3v) is 1.75. The van der Waals surface area contributed by atoms with Crippen LogP contribution in [0.15, 0.2) is 11.6 Å². The summed E-state index contributed by atoms with van der Waals surface area (Å²) in [5.74, 6) is 0.152. The van der Waals surface area contributed by atoms with E-state index >= 15 is 0 Å². The molecule has 0 atom stereocenters. The molecule has 12 heavy (non-hydrogen) atoms. The fourth-order valence-electron chi connectivity index (χ4n) is 1.13. The molecule has 2 heteroatoms. The van der Waals surface area contributed by atoms with Crippen LogP contribution in [0.3, 0.4) is 0 Å². The summed E-state index contributed by atoms with van der Waals surface area (Å²) in [5, 5.41) is 0. The molecular weight excluding hydrogens is 150 g/mol. The second-order valence-electron chi connectivity index (χ2n) is 3.02. The summed E-state index contributed by atoms with van der Waals surface area (Å²) in [6, 6.07) is 0. The van der Waals surface area contributed by atoms with Gasteiger partial charge in [-0.3, -0.25) is 4.79 Å². The number of allylic oxidation sites excluding steroid dienone is 1. The standard InChI is InChI=1S/C10H19NO/c1-5-7-9(3)10(12)11(4)8-6-2/h7H,5-6,8H2,1-4H3. The minimum Gasteiger partial charge on any atom is -0.342 e. The molecule has 2 nitrogen and oxygen atoms in total. The van der Waals surface area contributed by atoms with Crippen molar-refractivity contribution in [1.82, 2.24) is 4.90 Å². The van der Waals surface area contributed by atoms with Crippen LogP contribution in [-0.4, -0.2) is 24.4 Å². The molecule has 70 valence electrons. The SMILES string of the molecule is CCC=C(C)C(=O)N(C)CCC. The van der Waals surface area contributed by atoms with E-state index in [2.05, 4.69) is 6.92 Å². The summed E-state index contributed by atoms with van der Waals surface area (Å²) in [4.78, 5) is 13.2. The summed E-state index contributed by atoms with van der Waals surface area (Å²) in [6.45, 7) is 6.82. The maximum atomic E-state index is 11.5. The van der Waals surface area contributed by atoms with Crippen molar-refractivity contribution >= 4 is 5.91 Å². The summed E-state index contributed by atoms with van der Waals surface area (Å²) in [5.41, 5.74) is 0.855. The lowest BCUT2D eigenvalue weighted by Gasteiger charge is -2.15. The van der Waals surface area contributed by atoms with Crippen LogP contribution in [-0.2, 0) is 4.79 Å². The molecule has 0 aliphatic rings. The average molecular weight is 169 g/mol. The Labute approximate surface area is 75.3 Å². The minimum absolute atomic E-state index is 0.152. The van der Waals surface area contributed by atoms with Crippen molar-refractivity contribution < 1.29 is 4.79 Å². The lowest BCUT2D eigenvalue weighted by molar-refractivity contribution is -0.125. The lowest BCUT2D eigenvalue weighted by atomic mass is 10.2. The van der Waals surface area contributed by atoms with Gasteiger partial charge in [0.05, 0.1) is 0 Å². The molecule has 0 saturated carbocycles. The van der Waals surface area contributed by atoms with Gasteiger partial charge in [0.1, 0.15) is 0 Å². The van der Waals surface area contributed by atoms with Gasteiger partial charge in [0, 0.05) is 19.2 Å². The highest BCUT2D eigenvalue weighted by molar-refractivity contribution is 5.92. The van der Waals surface area contributed by atoms with E-state index in [1.807, 2.05) is 27.0 Å². The molecule has 0 saturated heterocycles. The first-order valence-corrected chi connectivity index (χ1v) is 4.55. The molecule has 0 N–H and O–H groups in total. The quantitative estimate of drug-likeness (QED) is 0.591. The van der Waals surface area contributed by atoms with E-state index in [0.717, 1.165) is 25.0 Å². The number of carbonyl (C=O) groups is 1. The molecule has 0 aliphatic heterocycles. The van der Waals surface area contributed by atoms with E-state index in [0.29, 0.717) is 0 Å². The Hall–Kier alpha value is -0.790. The largest absolute Gasteiger partial charge is 0.342 e. The van der Waals surface area contributed by atoms with Gasteiger partial charge in [-0.05, 0) is 19.8 Å². The first kappa shape index (κ1) is 11.2. The van der Waals surface area contributed by atoms with Crippen molar-refractivity contribution in [3.8, 4) is 0 Å². The van der Waals surface area contributed by atoms with Crippen LogP contribution in [0, 0.1) is 0 Å². The van der Waals surface area contributed by atoms with Gasteiger partial charge in [0.15, 0.2) is 0 Å². The average Bonchev–Trinajstić information content (AvgIpc) is 2.04. The highest BCUT2D eigenvalue weighted by Gasteiger charge is 2.08. The summed E-state index contributed by atoms with van der Waals surface area (Å²) >= 11 is 0. The Morgan fingerprint density at radius 3 is 2.42 bits per heavy atom. The van der Waals surface area contributed by atoms with Gasteiger partial charge in [0.2, 0.25) is 5.91 Å². The third-order valence-electron chi connectivity index (χ3n) is 1.75. The molecule has 1 amide bonds. The molecule has 0 aromatic rings. The van der Waals surface area contributed by atoms with Gasteiger partial charge in [0.25, 0.3) is 0 Å². The van der Waals surface area contributed by atoms with Crippen molar-refractivity contribution in [2.45, 2.75) is 33.6 Å². The van der Waals surface area contributed by atoms with E-state index in [1.54, 1.807) is 4.90 Å². The summed E-state index contributed by atoms with van der Waals surface area (Å²) in [7, 11) is 1.85. The van der Waals surface area contributed by atoms with Crippen LogP contribution >= 0.6 is 0 Å². The fourth-order valence-corrected chi connectivity index (χ4v) is 1.13. The summed E-state index contributed by atoms with van der Waals surface area (Å²) < 4.78 is 0. The molecule has 0 heterocycles. The van der Waals surface area contributed by atoms with E-state index < -0.39 is 0 Å². The highest BCUT2D eigenvalue weighted by atomic mass is 16.2. The Bertz CT molecular complexity index is 173. The first-order valence-electron chi connectivity index (χ1n) is 4.55. The van der Waals surface area contributed by atoms with E-state index in [9.17, 15) is 4.79 Å². The zero-order chi connectivity index (χ0) is 9.56. The van der Waals surface area contributed by atoms with E-state index in [4.69, 9.17) is 0 Å². The van der Waals surface area contributed by atoms with Gasteiger partial charge >= 0.3 is 0 Å². The van der Waals surface area contributed by atoms with E-state index in [-0.39, 0.29) is 5.91 Å². The van der Waals surface area contributed by atoms with Gasteiger partial charge in [-0.2, -0.15) is 0 Å². The number of amides is 1. The van der Waals surface area contributed by atoms with Crippen molar-refractivity contribution in [2.24, 2.45) is 0 Å². The molecule has 0 aromatic carbocycles. The Kier molecular flexibility index (Phi) is 5.43. The van der Waals surface area contributed by atoms with Gasteiger partial charge in [-0.1, -0.05) is 19.9 Å². The molecule has 0 aliphatic carbocycles. The maximum absolute atomic E-state index is 11.5. The normalized spacial score (nSPS) is 11.5. The topological polar surface area (TPSA) is 20.3 Å². The smallest absolute Gasteiger partial charge is 0.248 e. The van der Waals surface area contributed by atoms with Crippen molar-refractivity contribution in [1.29, 1.82) is 0 Å². The van der Waals surface area contributed by atoms with Crippen LogP contribution < -0.4 is 0 Å². The van der Waals surface area contributed by atoms with Crippen LogP contribution in [0.4, 0.5) is 0 Å². The van der Waals surface area contributed by atoms with Crippen LogP contribution in [0.2, 0.25) is 0 Å². The van der Waals surface area contributed by atoms with Gasteiger partial charge < -0.3 is 4.90 Å². The monoisotopic (exact) mass is 169 g/mol. The molecular formula is C10H19NO. The Morgan fingerprint density at radius 1 is 1.42 bits per heavy atom. The molecule has 0 radical (unpaired) electrons. The second kappa shape index (κ2) is 5.81. The van der Waals surface area contributed by atoms with Gasteiger partial charge in [-0.25, -0.2) is 0 Å². The number of carbonyl (C=O) groups excluding carboxylic acids is 1.